The van der Waals surface area contributed by atoms with Crippen LogP contribution in [0.2, 0.25) is 5.02 Å². The third-order valence-electron chi connectivity index (χ3n) is 4.62. The molecule has 1 unspecified atom stereocenters. The molecule has 2 aromatic rings. The first-order valence-corrected chi connectivity index (χ1v) is 9.19. The van der Waals surface area contributed by atoms with Crippen LogP contribution in [0, 0.1) is 5.82 Å². The van der Waals surface area contributed by atoms with Crippen molar-refractivity contribution in [3.63, 3.8) is 0 Å². The predicted octanol–water partition coefficient (Wildman–Crippen LogP) is 2.26. The first kappa shape index (κ1) is 19.3. The molecule has 1 aliphatic heterocycles. The maximum absolute atomic E-state index is 14.0. The Labute approximate surface area is 162 Å². The fourth-order valence-corrected chi connectivity index (χ4v) is 3.61. The normalized spacial score (nSPS) is 17.7. The molecular weight excluding hydrogens is 369 g/mol. The summed E-state index contributed by atoms with van der Waals surface area (Å²) in [7, 11) is 1.82. The van der Waals surface area contributed by atoms with E-state index in [4.69, 9.17) is 11.6 Å². The quantitative estimate of drug-likeness (QED) is 0.841. The number of likely N-dealkylation sites (N-methyl/N-ethyl adjacent to an activating group) is 1. The molecule has 1 heterocycles. The standard InChI is InChI=1S/C20H21ClFN3O2/c1-13-10-19(26)23-17-8-3-4-9-18(17)25(13)20(27)12-24(2)11-14-15(21)6-5-7-16(14)22/h3-9,13H,10-12H2,1-2H3,(H,23,26)/p+1/t13-/m0/s1. The number of carbonyl (C=O) groups excluding carboxylic acids is 2. The lowest BCUT2D eigenvalue weighted by Crippen LogP contribution is -3.09. The van der Waals surface area contributed by atoms with Crippen LogP contribution in [0.1, 0.15) is 18.9 Å². The number of hydrogen-bond donors (Lipinski definition) is 2. The molecule has 1 aliphatic rings. The number of nitrogens with one attached hydrogen (secondary N) is 2. The van der Waals surface area contributed by atoms with E-state index in [1.54, 1.807) is 23.1 Å². The van der Waals surface area contributed by atoms with Gasteiger partial charge in [-0.25, -0.2) is 4.39 Å². The summed E-state index contributed by atoms with van der Waals surface area (Å²) in [6.07, 6.45) is 0.221. The van der Waals surface area contributed by atoms with E-state index in [0.29, 0.717) is 22.0 Å². The average molecular weight is 391 g/mol. The number of rotatable bonds is 4. The van der Waals surface area contributed by atoms with Crippen molar-refractivity contribution in [2.24, 2.45) is 0 Å². The summed E-state index contributed by atoms with van der Waals surface area (Å²) in [6.45, 7) is 2.29. The second-order valence-electron chi connectivity index (χ2n) is 6.89. The number of carbonyl (C=O) groups is 2. The molecule has 2 N–H and O–H groups in total. The molecule has 142 valence electrons. The first-order chi connectivity index (χ1) is 12.9. The van der Waals surface area contributed by atoms with Crippen LogP contribution in [0.4, 0.5) is 15.8 Å². The summed E-state index contributed by atoms with van der Waals surface area (Å²) in [6, 6.07) is 11.5. The molecular formula is C20H22ClFN3O2+. The second-order valence-corrected chi connectivity index (χ2v) is 7.30. The van der Waals surface area contributed by atoms with Crippen molar-refractivity contribution in [2.75, 3.05) is 23.8 Å². The molecule has 0 aromatic heterocycles. The van der Waals surface area contributed by atoms with E-state index in [9.17, 15) is 14.0 Å². The maximum Gasteiger partial charge on any atom is 0.282 e. The Hall–Kier alpha value is -2.44. The van der Waals surface area contributed by atoms with Crippen molar-refractivity contribution in [1.29, 1.82) is 0 Å². The number of halogens is 2. The molecule has 0 saturated heterocycles. The SMILES string of the molecule is C[C@H]1CC(=O)Nc2ccccc2N1C(=O)C[NH+](C)Cc1c(F)cccc1Cl. The lowest BCUT2D eigenvalue weighted by molar-refractivity contribution is -0.885. The summed E-state index contributed by atoms with van der Waals surface area (Å²) in [5.74, 6) is -0.627. The molecule has 0 bridgehead atoms. The zero-order valence-electron chi connectivity index (χ0n) is 15.3. The number of anilines is 2. The van der Waals surface area contributed by atoms with E-state index in [0.717, 1.165) is 4.90 Å². The molecule has 0 radical (unpaired) electrons. The monoisotopic (exact) mass is 390 g/mol. The zero-order valence-corrected chi connectivity index (χ0v) is 16.0. The molecule has 0 saturated carbocycles. The van der Waals surface area contributed by atoms with E-state index in [1.807, 2.05) is 32.2 Å². The number of para-hydroxylation sites is 2. The van der Waals surface area contributed by atoms with Gasteiger partial charge < -0.3 is 15.1 Å². The van der Waals surface area contributed by atoms with Crippen molar-refractivity contribution >= 4 is 34.8 Å². The van der Waals surface area contributed by atoms with E-state index in [1.165, 1.54) is 6.07 Å². The van der Waals surface area contributed by atoms with Gasteiger partial charge in [-0.05, 0) is 31.2 Å². The fraction of sp³-hybridized carbons (Fsp3) is 0.300. The van der Waals surface area contributed by atoms with Crippen molar-refractivity contribution in [3.05, 3.63) is 58.9 Å². The minimum absolute atomic E-state index is 0.121. The van der Waals surface area contributed by atoms with E-state index in [-0.39, 0.29) is 43.2 Å². The Kier molecular flexibility index (Phi) is 5.77. The number of hydrogen-bond acceptors (Lipinski definition) is 2. The van der Waals surface area contributed by atoms with Crippen LogP contribution in [0.25, 0.3) is 0 Å². The molecule has 5 nitrogen and oxygen atoms in total. The van der Waals surface area contributed by atoms with Crippen LogP contribution in [0.15, 0.2) is 42.5 Å². The molecule has 0 aliphatic carbocycles. The molecule has 2 aromatic carbocycles. The Balaban J connectivity index is 1.79. The van der Waals surface area contributed by atoms with Gasteiger partial charge in [0.05, 0.1) is 29.0 Å². The summed E-state index contributed by atoms with van der Waals surface area (Å²) in [5, 5.41) is 3.19. The molecule has 7 heteroatoms. The Morgan fingerprint density at radius 3 is 2.78 bits per heavy atom. The van der Waals surface area contributed by atoms with Crippen LogP contribution in [0.3, 0.4) is 0 Å². The van der Waals surface area contributed by atoms with E-state index in [2.05, 4.69) is 5.32 Å². The average Bonchev–Trinajstić information content (AvgIpc) is 2.72. The van der Waals surface area contributed by atoms with Gasteiger partial charge in [0.1, 0.15) is 12.4 Å². The van der Waals surface area contributed by atoms with Crippen LogP contribution in [-0.2, 0) is 16.1 Å². The zero-order chi connectivity index (χ0) is 19.6. The van der Waals surface area contributed by atoms with Gasteiger partial charge in [0.2, 0.25) is 5.91 Å². The second kappa shape index (κ2) is 8.06. The summed E-state index contributed by atoms with van der Waals surface area (Å²) in [4.78, 5) is 27.6. The molecule has 0 fully saturated rings. The highest BCUT2D eigenvalue weighted by Crippen LogP contribution is 2.31. The van der Waals surface area contributed by atoms with Crippen molar-refractivity contribution in [3.8, 4) is 0 Å². The number of benzene rings is 2. The molecule has 2 atom stereocenters. The third-order valence-corrected chi connectivity index (χ3v) is 4.98. The minimum Gasteiger partial charge on any atom is -0.326 e. The lowest BCUT2D eigenvalue weighted by Gasteiger charge is -2.28. The largest absolute Gasteiger partial charge is 0.326 e. The van der Waals surface area contributed by atoms with Gasteiger partial charge in [0, 0.05) is 12.5 Å². The highest BCUT2D eigenvalue weighted by atomic mass is 35.5. The van der Waals surface area contributed by atoms with Gasteiger partial charge in [-0.2, -0.15) is 0 Å². The Bertz CT molecular complexity index is 854. The predicted molar refractivity (Wildman–Crippen MR) is 104 cm³/mol. The fourth-order valence-electron chi connectivity index (χ4n) is 3.38. The molecule has 27 heavy (non-hydrogen) atoms. The summed E-state index contributed by atoms with van der Waals surface area (Å²) < 4.78 is 14.0. The van der Waals surface area contributed by atoms with E-state index < -0.39 is 0 Å². The van der Waals surface area contributed by atoms with Gasteiger partial charge in [-0.15, -0.1) is 0 Å². The Morgan fingerprint density at radius 1 is 1.30 bits per heavy atom. The van der Waals surface area contributed by atoms with Gasteiger partial charge in [0.15, 0.2) is 6.54 Å². The first-order valence-electron chi connectivity index (χ1n) is 8.82. The minimum atomic E-state index is -0.377. The number of amides is 2. The van der Waals surface area contributed by atoms with Crippen molar-refractivity contribution in [1.82, 2.24) is 0 Å². The van der Waals surface area contributed by atoms with Crippen molar-refractivity contribution in [2.45, 2.75) is 25.9 Å². The van der Waals surface area contributed by atoms with Crippen molar-refractivity contribution < 1.29 is 18.9 Å². The smallest absolute Gasteiger partial charge is 0.282 e. The lowest BCUT2D eigenvalue weighted by atomic mass is 10.1. The van der Waals surface area contributed by atoms with Gasteiger partial charge in [-0.3, -0.25) is 9.59 Å². The van der Waals surface area contributed by atoms with Gasteiger partial charge in [-0.1, -0.05) is 29.8 Å². The van der Waals surface area contributed by atoms with E-state index >= 15 is 0 Å². The maximum atomic E-state index is 14.0. The summed E-state index contributed by atoms with van der Waals surface area (Å²) >= 11 is 6.09. The molecule has 2 amide bonds. The highest BCUT2D eigenvalue weighted by molar-refractivity contribution is 6.31. The van der Waals surface area contributed by atoms with Crippen LogP contribution in [-0.4, -0.2) is 31.4 Å². The van der Waals surface area contributed by atoms with Crippen LogP contribution < -0.4 is 15.1 Å². The molecule has 3 rings (SSSR count). The number of fused-ring (bicyclic) bond motifs is 1. The van der Waals surface area contributed by atoms with Crippen LogP contribution >= 0.6 is 11.6 Å². The Morgan fingerprint density at radius 2 is 2.04 bits per heavy atom. The topological polar surface area (TPSA) is 53.9 Å². The highest BCUT2D eigenvalue weighted by Gasteiger charge is 2.31. The molecule has 0 spiro atoms. The summed E-state index contributed by atoms with van der Waals surface area (Å²) in [5.41, 5.74) is 1.69. The third kappa shape index (κ3) is 4.28. The number of quaternary nitrogens is 1. The van der Waals surface area contributed by atoms with Gasteiger partial charge >= 0.3 is 0 Å². The van der Waals surface area contributed by atoms with Gasteiger partial charge in [0.25, 0.3) is 5.91 Å². The number of nitrogens with zero attached hydrogens (tertiary/aromatic N) is 1. The van der Waals surface area contributed by atoms with Crippen LogP contribution in [0.5, 0.6) is 0 Å².